The molecule has 0 amide bonds. The molecule has 1 rings (SSSR count). The van der Waals surface area contributed by atoms with Crippen molar-refractivity contribution in [2.45, 2.75) is 39.2 Å². The fourth-order valence-corrected chi connectivity index (χ4v) is 1.81. The summed E-state index contributed by atoms with van der Waals surface area (Å²) in [6.45, 7) is 4.37. The van der Waals surface area contributed by atoms with Crippen LogP contribution < -0.4 is 5.73 Å². The van der Waals surface area contributed by atoms with Crippen LogP contribution in [-0.4, -0.2) is 6.04 Å². The van der Waals surface area contributed by atoms with Gasteiger partial charge in [-0.2, -0.15) is 0 Å². The summed E-state index contributed by atoms with van der Waals surface area (Å²) in [5, 5.41) is 0. The minimum absolute atomic E-state index is 0.334. The second kappa shape index (κ2) is 5.82. The molecule has 0 bridgehead atoms. The molecule has 0 aromatic heterocycles. The summed E-state index contributed by atoms with van der Waals surface area (Å²) in [5.74, 6) is 0.732. The van der Waals surface area contributed by atoms with Gasteiger partial charge in [0.15, 0.2) is 0 Å². The first-order valence-corrected chi connectivity index (χ1v) is 5.48. The molecule has 0 spiro atoms. The van der Waals surface area contributed by atoms with Crippen LogP contribution in [0.2, 0.25) is 0 Å². The Morgan fingerprint density at radius 2 is 1.79 bits per heavy atom. The van der Waals surface area contributed by atoms with Crippen LogP contribution in [0.25, 0.3) is 0 Å². The second-order valence-corrected chi connectivity index (χ2v) is 4.34. The third-order valence-electron chi connectivity index (χ3n) is 2.54. The summed E-state index contributed by atoms with van der Waals surface area (Å²) in [7, 11) is 0. The zero-order valence-electron chi connectivity index (χ0n) is 9.24. The van der Waals surface area contributed by atoms with Crippen molar-refractivity contribution in [3.8, 4) is 0 Å². The molecule has 0 saturated carbocycles. The molecular formula is C13H21N. The molecule has 78 valence electrons. The largest absolute Gasteiger partial charge is 0.328 e. The Morgan fingerprint density at radius 3 is 2.36 bits per heavy atom. The lowest BCUT2D eigenvalue weighted by Gasteiger charge is -2.13. The van der Waals surface area contributed by atoms with Crippen LogP contribution in [0.1, 0.15) is 32.3 Å². The number of hydrogen-bond acceptors (Lipinski definition) is 1. The van der Waals surface area contributed by atoms with E-state index in [1.165, 1.54) is 18.4 Å². The molecule has 2 unspecified atom stereocenters. The first-order valence-electron chi connectivity index (χ1n) is 5.48. The van der Waals surface area contributed by atoms with Gasteiger partial charge < -0.3 is 5.73 Å². The van der Waals surface area contributed by atoms with E-state index in [2.05, 4.69) is 44.2 Å². The van der Waals surface area contributed by atoms with E-state index in [4.69, 9.17) is 5.73 Å². The summed E-state index contributed by atoms with van der Waals surface area (Å²) >= 11 is 0. The molecule has 2 N–H and O–H groups in total. The summed E-state index contributed by atoms with van der Waals surface area (Å²) in [6.07, 6.45) is 3.55. The van der Waals surface area contributed by atoms with Gasteiger partial charge in [-0.05, 0) is 37.7 Å². The van der Waals surface area contributed by atoms with E-state index in [1.807, 2.05) is 0 Å². The highest BCUT2D eigenvalue weighted by Crippen LogP contribution is 2.13. The Labute approximate surface area is 87.3 Å². The minimum atomic E-state index is 0.334. The summed E-state index contributed by atoms with van der Waals surface area (Å²) < 4.78 is 0. The van der Waals surface area contributed by atoms with E-state index in [9.17, 15) is 0 Å². The first-order chi connectivity index (χ1) is 6.68. The van der Waals surface area contributed by atoms with Gasteiger partial charge in [-0.3, -0.25) is 0 Å². The Bertz CT molecular complexity index is 241. The van der Waals surface area contributed by atoms with Gasteiger partial charge in [0.1, 0.15) is 0 Å². The van der Waals surface area contributed by atoms with Crippen LogP contribution in [0.3, 0.4) is 0 Å². The fraction of sp³-hybridized carbons (Fsp3) is 0.538. The van der Waals surface area contributed by atoms with Crippen molar-refractivity contribution in [1.29, 1.82) is 0 Å². The lowest BCUT2D eigenvalue weighted by molar-refractivity contribution is 0.452. The summed E-state index contributed by atoms with van der Waals surface area (Å²) in [5.41, 5.74) is 7.20. The summed E-state index contributed by atoms with van der Waals surface area (Å²) in [6, 6.07) is 11.0. The molecule has 2 atom stereocenters. The quantitative estimate of drug-likeness (QED) is 0.760. The number of benzene rings is 1. The van der Waals surface area contributed by atoms with E-state index in [-0.39, 0.29) is 0 Å². The number of aryl methyl sites for hydroxylation is 1. The maximum Gasteiger partial charge on any atom is 0.00130 e. The smallest absolute Gasteiger partial charge is 0.00130 e. The van der Waals surface area contributed by atoms with Gasteiger partial charge >= 0.3 is 0 Å². The minimum Gasteiger partial charge on any atom is -0.328 e. The lowest BCUT2D eigenvalue weighted by Crippen LogP contribution is -2.18. The zero-order chi connectivity index (χ0) is 10.4. The van der Waals surface area contributed by atoms with E-state index < -0.39 is 0 Å². The van der Waals surface area contributed by atoms with Crippen molar-refractivity contribution < 1.29 is 0 Å². The third kappa shape index (κ3) is 4.43. The summed E-state index contributed by atoms with van der Waals surface area (Å²) in [4.78, 5) is 0. The van der Waals surface area contributed by atoms with Gasteiger partial charge in [-0.15, -0.1) is 0 Å². The zero-order valence-corrected chi connectivity index (χ0v) is 9.24. The molecule has 0 radical (unpaired) electrons. The first kappa shape index (κ1) is 11.3. The molecule has 0 aliphatic carbocycles. The second-order valence-electron chi connectivity index (χ2n) is 4.34. The van der Waals surface area contributed by atoms with E-state index in [0.717, 1.165) is 12.3 Å². The van der Waals surface area contributed by atoms with E-state index in [0.29, 0.717) is 6.04 Å². The van der Waals surface area contributed by atoms with E-state index in [1.54, 1.807) is 0 Å². The normalized spacial score (nSPS) is 15.1. The highest BCUT2D eigenvalue weighted by atomic mass is 14.6. The van der Waals surface area contributed by atoms with Gasteiger partial charge in [0.25, 0.3) is 0 Å². The molecule has 1 aromatic carbocycles. The number of nitrogens with two attached hydrogens (primary N) is 1. The van der Waals surface area contributed by atoms with Crippen molar-refractivity contribution in [2.24, 2.45) is 11.7 Å². The van der Waals surface area contributed by atoms with Gasteiger partial charge in [-0.25, -0.2) is 0 Å². The van der Waals surface area contributed by atoms with Crippen molar-refractivity contribution >= 4 is 0 Å². The van der Waals surface area contributed by atoms with Crippen LogP contribution in [0.4, 0.5) is 0 Å². The molecule has 14 heavy (non-hydrogen) atoms. The Morgan fingerprint density at radius 1 is 1.14 bits per heavy atom. The molecule has 0 heterocycles. The number of hydrogen-bond donors (Lipinski definition) is 1. The predicted molar refractivity (Wildman–Crippen MR) is 62.2 cm³/mol. The van der Waals surface area contributed by atoms with Gasteiger partial charge in [-0.1, -0.05) is 37.3 Å². The van der Waals surface area contributed by atoms with Crippen LogP contribution >= 0.6 is 0 Å². The topological polar surface area (TPSA) is 26.0 Å². The third-order valence-corrected chi connectivity index (χ3v) is 2.54. The molecule has 0 saturated heterocycles. The maximum absolute atomic E-state index is 5.76. The monoisotopic (exact) mass is 191 g/mol. The van der Waals surface area contributed by atoms with Gasteiger partial charge in [0.05, 0.1) is 0 Å². The average molecular weight is 191 g/mol. The van der Waals surface area contributed by atoms with Crippen LogP contribution in [-0.2, 0) is 6.42 Å². The van der Waals surface area contributed by atoms with Crippen molar-refractivity contribution in [3.63, 3.8) is 0 Å². The molecule has 0 aliphatic rings. The predicted octanol–water partition coefficient (Wildman–Crippen LogP) is 2.99. The molecule has 0 fully saturated rings. The highest BCUT2D eigenvalue weighted by Gasteiger charge is 2.05. The van der Waals surface area contributed by atoms with Crippen LogP contribution in [0.15, 0.2) is 30.3 Å². The Hall–Kier alpha value is -0.820. The van der Waals surface area contributed by atoms with Crippen LogP contribution in [0.5, 0.6) is 0 Å². The van der Waals surface area contributed by atoms with E-state index >= 15 is 0 Å². The Balaban J connectivity index is 2.27. The van der Waals surface area contributed by atoms with Crippen molar-refractivity contribution in [3.05, 3.63) is 35.9 Å². The molecular weight excluding hydrogens is 170 g/mol. The lowest BCUT2D eigenvalue weighted by atomic mass is 9.96. The Kier molecular flexibility index (Phi) is 4.68. The highest BCUT2D eigenvalue weighted by molar-refractivity contribution is 5.14. The SMILES string of the molecule is CC(N)CC(C)CCc1ccccc1. The maximum atomic E-state index is 5.76. The molecule has 1 heteroatoms. The van der Waals surface area contributed by atoms with Crippen molar-refractivity contribution in [2.75, 3.05) is 0 Å². The standard InChI is InChI=1S/C13H21N/c1-11(10-12(2)14)8-9-13-6-4-3-5-7-13/h3-7,11-12H,8-10,14H2,1-2H3. The van der Waals surface area contributed by atoms with Gasteiger partial charge in [0.2, 0.25) is 0 Å². The molecule has 1 aromatic rings. The van der Waals surface area contributed by atoms with Crippen LogP contribution in [0, 0.1) is 5.92 Å². The number of rotatable bonds is 5. The average Bonchev–Trinajstić information content (AvgIpc) is 2.15. The van der Waals surface area contributed by atoms with Gasteiger partial charge in [0, 0.05) is 6.04 Å². The molecule has 1 nitrogen and oxygen atoms in total. The fourth-order valence-electron chi connectivity index (χ4n) is 1.81. The molecule has 0 aliphatic heterocycles. The van der Waals surface area contributed by atoms with Crippen molar-refractivity contribution in [1.82, 2.24) is 0 Å².